The van der Waals surface area contributed by atoms with Crippen molar-refractivity contribution in [3.05, 3.63) is 88.2 Å². The van der Waals surface area contributed by atoms with Crippen LogP contribution < -0.4 is 14.2 Å². The zero-order valence-corrected chi connectivity index (χ0v) is 19.9. The van der Waals surface area contributed by atoms with Crippen LogP contribution in [0.2, 0.25) is 10.0 Å². The Labute approximate surface area is 197 Å². The number of esters is 1. The van der Waals surface area contributed by atoms with Gasteiger partial charge in [-0.1, -0.05) is 0 Å². The minimum absolute atomic E-state index is 0.0880. The van der Waals surface area contributed by atoms with Gasteiger partial charge in [0.1, 0.15) is 0 Å². The number of ether oxygens (including phenoxy) is 1. The Morgan fingerprint density at radius 1 is 1.10 bits per heavy atom. The van der Waals surface area contributed by atoms with Crippen LogP contribution >= 0.6 is 23.2 Å². The van der Waals surface area contributed by atoms with Gasteiger partial charge >= 0.3 is 198 Å². The number of nitrogens with zero attached hydrogens (tertiary/aromatic N) is 1. The van der Waals surface area contributed by atoms with Gasteiger partial charge in [0.15, 0.2) is 0 Å². The first kappa shape index (κ1) is 23.3. The minimum atomic E-state index is -0.918. The fourth-order valence-electron chi connectivity index (χ4n) is 2.85. The van der Waals surface area contributed by atoms with E-state index in [9.17, 15) is 9.59 Å². The molecule has 0 aliphatic rings. The first-order valence-electron chi connectivity index (χ1n) is 9.57. The Hall–Kier alpha value is -2.37. The number of rotatable bonds is 8. The summed E-state index contributed by atoms with van der Waals surface area (Å²) in [5.41, 5.74) is 0.974. The average Bonchev–Trinajstić information content (AvgIpc) is 2.76. The van der Waals surface area contributed by atoms with E-state index in [0.29, 0.717) is 10.0 Å². The third kappa shape index (κ3) is 6.55. The van der Waals surface area contributed by atoms with Crippen LogP contribution in [0.15, 0.2) is 66.9 Å². The van der Waals surface area contributed by atoms with E-state index in [-0.39, 0.29) is 33.7 Å². The molecule has 2 aromatic carbocycles. The molecule has 3 rings (SSSR count). The van der Waals surface area contributed by atoms with Crippen LogP contribution in [0.25, 0.3) is 0 Å². The summed E-state index contributed by atoms with van der Waals surface area (Å²) in [5, 5.41) is 3.70. The fourth-order valence-corrected chi connectivity index (χ4v) is 5.90. The molecule has 0 aliphatic carbocycles. The molecule has 0 saturated heterocycles. The Morgan fingerprint density at radius 3 is 2.52 bits per heavy atom. The van der Waals surface area contributed by atoms with Crippen molar-refractivity contribution in [2.24, 2.45) is 0 Å². The van der Waals surface area contributed by atoms with Gasteiger partial charge in [0, 0.05) is 0 Å². The van der Waals surface area contributed by atoms with Crippen LogP contribution in [-0.4, -0.2) is 44.5 Å². The van der Waals surface area contributed by atoms with Gasteiger partial charge in [-0.25, -0.2) is 0 Å². The van der Waals surface area contributed by atoms with Crippen molar-refractivity contribution in [1.29, 1.82) is 0 Å². The predicted molar refractivity (Wildman–Crippen MR) is 124 cm³/mol. The third-order valence-corrected chi connectivity index (χ3v) is 7.12. The fraction of sp³-hybridized carbons (Fsp3) is 0.174. The number of aromatic nitrogens is 1. The molecule has 1 N–H and O–H groups in total. The standard InChI is InChI=1S/C23H20Cl2N2O3Se/c1-2-30-23(29)20(27-22(28)19-10-6-7-11-26-19)14-17-18(25)12-15(24)13-21(17)31-16-8-4-3-5-9-16/h3-13,20H,2,14H2,1H3,(H,27,28). The SMILES string of the molecule is CCOC(=O)C(Cc1c(Cl)cc(Cl)cc1[Se]c1ccccc1)NC(=O)c1ccccn1. The van der Waals surface area contributed by atoms with Crippen molar-refractivity contribution in [3.8, 4) is 0 Å². The molecular formula is C23H20Cl2N2O3Se. The quantitative estimate of drug-likeness (QED) is 0.365. The van der Waals surface area contributed by atoms with Gasteiger partial charge in [-0.3, -0.25) is 0 Å². The molecule has 1 aromatic heterocycles. The van der Waals surface area contributed by atoms with E-state index in [4.69, 9.17) is 27.9 Å². The van der Waals surface area contributed by atoms with Crippen molar-refractivity contribution >= 4 is 59.0 Å². The first-order chi connectivity index (χ1) is 15.0. The summed E-state index contributed by atoms with van der Waals surface area (Å²) >= 11 is 12.7. The predicted octanol–water partition coefficient (Wildman–Crippen LogP) is 2.95. The summed E-state index contributed by atoms with van der Waals surface area (Å²) in [4.78, 5) is 29.3. The zero-order valence-electron chi connectivity index (χ0n) is 16.7. The molecule has 1 atom stereocenters. The van der Waals surface area contributed by atoms with Gasteiger partial charge < -0.3 is 0 Å². The number of carbonyl (C=O) groups excluding carboxylic acids is 2. The molecule has 1 heterocycles. The second kappa shape index (κ2) is 11.3. The molecule has 31 heavy (non-hydrogen) atoms. The first-order valence-corrected chi connectivity index (χ1v) is 12.0. The number of hydrogen-bond donors (Lipinski definition) is 1. The number of nitrogens with one attached hydrogen (secondary N) is 1. The summed E-state index contributed by atoms with van der Waals surface area (Å²) in [6.07, 6.45) is 1.70. The summed E-state index contributed by atoms with van der Waals surface area (Å²) < 4.78 is 7.28. The van der Waals surface area contributed by atoms with Gasteiger partial charge in [0.2, 0.25) is 0 Å². The van der Waals surface area contributed by atoms with Crippen molar-refractivity contribution in [2.75, 3.05) is 6.61 Å². The summed E-state index contributed by atoms with van der Waals surface area (Å²) in [7, 11) is 0. The van der Waals surface area contributed by atoms with Crippen LogP contribution in [0, 0.1) is 0 Å². The van der Waals surface area contributed by atoms with E-state index in [2.05, 4.69) is 10.3 Å². The van der Waals surface area contributed by atoms with E-state index in [1.165, 1.54) is 6.20 Å². The van der Waals surface area contributed by atoms with Crippen LogP contribution in [0.1, 0.15) is 23.0 Å². The van der Waals surface area contributed by atoms with Gasteiger partial charge in [-0.05, 0) is 0 Å². The Bertz CT molecular complexity index is 1050. The number of halogens is 2. The summed E-state index contributed by atoms with van der Waals surface area (Å²) in [5.74, 6) is -0.991. The van der Waals surface area contributed by atoms with Crippen molar-refractivity contribution in [3.63, 3.8) is 0 Å². The number of benzene rings is 2. The molecule has 0 aliphatic heterocycles. The number of amides is 1. The van der Waals surface area contributed by atoms with Gasteiger partial charge in [-0.15, -0.1) is 0 Å². The van der Waals surface area contributed by atoms with Crippen LogP contribution in [0.4, 0.5) is 0 Å². The van der Waals surface area contributed by atoms with E-state index in [0.717, 1.165) is 14.5 Å². The zero-order chi connectivity index (χ0) is 22.2. The van der Waals surface area contributed by atoms with E-state index in [1.807, 2.05) is 36.4 Å². The Balaban J connectivity index is 1.91. The molecule has 0 fully saturated rings. The summed E-state index contributed by atoms with van der Waals surface area (Å²) in [6, 6.07) is 17.5. The average molecular weight is 522 g/mol. The third-order valence-electron chi connectivity index (χ3n) is 4.27. The van der Waals surface area contributed by atoms with E-state index >= 15 is 0 Å². The molecule has 0 radical (unpaired) electrons. The molecular weight excluding hydrogens is 502 g/mol. The van der Waals surface area contributed by atoms with Crippen molar-refractivity contribution in [1.82, 2.24) is 10.3 Å². The normalized spacial score (nSPS) is 11.6. The van der Waals surface area contributed by atoms with Crippen molar-refractivity contribution in [2.45, 2.75) is 19.4 Å². The van der Waals surface area contributed by atoms with E-state index in [1.54, 1.807) is 31.2 Å². The van der Waals surface area contributed by atoms with Crippen LogP contribution in [0.5, 0.6) is 0 Å². The Kier molecular flexibility index (Phi) is 8.50. The molecule has 5 nitrogen and oxygen atoms in total. The monoisotopic (exact) mass is 522 g/mol. The molecule has 1 unspecified atom stereocenters. The number of hydrogen-bond acceptors (Lipinski definition) is 4. The molecule has 1 amide bonds. The van der Waals surface area contributed by atoms with Crippen molar-refractivity contribution < 1.29 is 14.3 Å². The maximum absolute atomic E-state index is 12.6. The van der Waals surface area contributed by atoms with Gasteiger partial charge in [0.25, 0.3) is 0 Å². The molecule has 0 bridgehead atoms. The van der Waals surface area contributed by atoms with Gasteiger partial charge in [-0.2, -0.15) is 0 Å². The maximum atomic E-state index is 12.6. The Morgan fingerprint density at radius 2 is 1.84 bits per heavy atom. The topological polar surface area (TPSA) is 68.3 Å². The van der Waals surface area contributed by atoms with Crippen LogP contribution in [-0.2, 0) is 16.0 Å². The molecule has 0 saturated carbocycles. The second-order valence-corrected chi connectivity index (χ2v) is 9.66. The van der Waals surface area contributed by atoms with Crippen LogP contribution in [0.3, 0.4) is 0 Å². The molecule has 3 aromatic rings. The molecule has 8 heteroatoms. The summed E-state index contributed by atoms with van der Waals surface area (Å²) in [6.45, 7) is 1.92. The number of carbonyl (C=O) groups is 2. The van der Waals surface area contributed by atoms with E-state index < -0.39 is 17.9 Å². The molecule has 160 valence electrons. The van der Waals surface area contributed by atoms with Gasteiger partial charge in [0.05, 0.1) is 0 Å². The number of pyridine rings is 1. The second-order valence-electron chi connectivity index (χ2n) is 6.48. The molecule has 0 spiro atoms.